The van der Waals surface area contributed by atoms with Gasteiger partial charge in [-0.05, 0) is 61.4 Å². The van der Waals surface area contributed by atoms with Gasteiger partial charge in [-0.1, -0.05) is 31.2 Å². The Balaban J connectivity index is 1.85. The van der Waals surface area contributed by atoms with Gasteiger partial charge in [0.2, 0.25) is 15.9 Å². The first-order valence-electron chi connectivity index (χ1n) is 10.3. The summed E-state index contributed by atoms with van der Waals surface area (Å²) in [6, 6.07) is 12.0. The molecule has 2 aromatic carbocycles. The normalized spacial score (nSPS) is 15.2. The summed E-state index contributed by atoms with van der Waals surface area (Å²) in [4.78, 5) is 13.2. The zero-order valence-electron chi connectivity index (χ0n) is 18.0. The number of fused-ring (bicyclic) bond motifs is 1. The first kappa shape index (κ1) is 22.2. The summed E-state index contributed by atoms with van der Waals surface area (Å²) in [5.74, 6) is 0.210. The van der Waals surface area contributed by atoms with Crippen molar-refractivity contribution in [3.63, 3.8) is 0 Å². The Morgan fingerprint density at radius 3 is 2.57 bits per heavy atom. The number of hydrogen-bond donors (Lipinski definition) is 1. The molecule has 1 amide bonds. The van der Waals surface area contributed by atoms with Gasteiger partial charge in [-0.2, -0.15) is 0 Å². The third kappa shape index (κ3) is 4.78. The van der Waals surface area contributed by atoms with Gasteiger partial charge in [0.1, 0.15) is 11.8 Å². The predicted octanol–water partition coefficient (Wildman–Crippen LogP) is 3.61. The van der Waals surface area contributed by atoms with Crippen LogP contribution in [-0.4, -0.2) is 33.7 Å². The van der Waals surface area contributed by atoms with Gasteiger partial charge >= 0.3 is 0 Å². The van der Waals surface area contributed by atoms with Crippen molar-refractivity contribution < 1.29 is 17.9 Å². The first-order valence-corrected chi connectivity index (χ1v) is 12.1. The van der Waals surface area contributed by atoms with Crippen molar-refractivity contribution in [3.8, 4) is 5.75 Å². The van der Waals surface area contributed by atoms with Crippen molar-refractivity contribution in [2.75, 3.05) is 17.7 Å². The molecule has 1 aliphatic rings. The number of sulfonamides is 1. The number of nitrogens with zero attached hydrogens (tertiary/aromatic N) is 1. The Hall–Kier alpha value is -2.54. The molecule has 0 saturated heterocycles. The van der Waals surface area contributed by atoms with E-state index in [4.69, 9.17) is 4.74 Å². The number of carbonyl (C=O) groups is 1. The van der Waals surface area contributed by atoms with Crippen LogP contribution in [0.4, 0.5) is 5.69 Å². The van der Waals surface area contributed by atoms with E-state index in [1.165, 1.54) is 29.0 Å². The van der Waals surface area contributed by atoms with Crippen LogP contribution < -0.4 is 14.4 Å². The van der Waals surface area contributed by atoms with Crippen molar-refractivity contribution in [1.82, 2.24) is 5.32 Å². The van der Waals surface area contributed by atoms with E-state index in [0.717, 1.165) is 24.7 Å². The van der Waals surface area contributed by atoms with Crippen LogP contribution >= 0.6 is 0 Å². The van der Waals surface area contributed by atoms with E-state index < -0.39 is 16.1 Å². The molecule has 30 heavy (non-hydrogen) atoms. The van der Waals surface area contributed by atoms with Crippen LogP contribution in [0.5, 0.6) is 5.75 Å². The van der Waals surface area contributed by atoms with E-state index in [9.17, 15) is 13.2 Å². The minimum Gasteiger partial charge on any atom is -0.497 e. The highest BCUT2D eigenvalue weighted by atomic mass is 32.2. The molecule has 2 atom stereocenters. The van der Waals surface area contributed by atoms with E-state index in [2.05, 4.69) is 17.4 Å². The van der Waals surface area contributed by atoms with E-state index in [1.54, 1.807) is 24.3 Å². The number of nitrogens with one attached hydrogen (secondary N) is 1. The van der Waals surface area contributed by atoms with E-state index >= 15 is 0 Å². The lowest BCUT2D eigenvalue weighted by Crippen LogP contribution is -2.49. The summed E-state index contributed by atoms with van der Waals surface area (Å²) in [5.41, 5.74) is 4.16. The van der Waals surface area contributed by atoms with Crippen LogP contribution in [0.25, 0.3) is 0 Å². The maximum Gasteiger partial charge on any atom is 0.244 e. The van der Waals surface area contributed by atoms with E-state index in [-0.39, 0.29) is 11.9 Å². The zero-order valence-corrected chi connectivity index (χ0v) is 18.8. The van der Waals surface area contributed by atoms with Crippen molar-refractivity contribution in [2.24, 2.45) is 0 Å². The highest BCUT2D eigenvalue weighted by Crippen LogP contribution is 2.28. The predicted molar refractivity (Wildman–Crippen MR) is 119 cm³/mol. The molecule has 0 radical (unpaired) electrons. The molecule has 3 rings (SSSR count). The second-order valence-corrected chi connectivity index (χ2v) is 9.66. The molecular weight excluding hydrogens is 400 g/mol. The summed E-state index contributed by atoms with van der Waals surface area (Å²) in [7, 11) is -2.17. The molecule has 2 aromatic rings. The van der Waals surface area contributed by atoms with Crippen LogP contribution in [0, 0.1) is 0 Å². The van der Waals surface area contributed by atoms with E-state index in [0.29, 0.717) is 17.9 Å². The summed E-state index contributed by atoms with van der Waals surface area (Å²) in [6.07, 6.45) is 4.80. The molecule has 0 saturated carbocycles. The number of benzene rings is 2. The SMILES string of the molecule is CC[C@@H](C(=O)N[C@@H](C)c1ccc2c(c1)CCC2)N(c1cccc(OC)c1)S(C)(=O)=O. The fourth-order valence-electron chi connectivity index (χ4n) is 4.06. The fraction of sp³-hybridized carbons (Fsp3) is 0.435. The number of methoxy groups -OCH3 is 1. The monoisotopic (exact) mass is 430 g/mol. The number of aryl methyl sites for hydroxylation is 2. The molecule has 0 aliphatic heterocycles. The maximum atomic E-state index is 13.2. The van der Waals surface area contributed by atoms with Gasteiger partial charge in [-0.15, -0.1) is 0 Å². The van der Waals surface area contributed by atoms with Crippen LogP contribution in [0.3, 0.4) is 0 Å². The van der Waals surface area contributed by atoms with Gasteiger partial charge in [-0.3, -0.25) is 9.10 Å². The van der Waals surface area contributed by atoms with Gasteiger partial charge in [0.15, 0.2) is 0 Å². The van der Waals surface area contributed by atoms with Crippen LogP contribution in [0.1, 0.15) is 49.4 Å². The highest BCUT2D eigenvalue weighted by molar-refractivity contribution is 7.92. The average Bonchev–Trinajstić information content (AvgIpc) is 3.18. The minimum atomic E-state index is -3.69. The molecule has 1 N–H and O–H groups in total. The summed E-state index contributed by atoms with van der Waals surface area (Å²) in [5, 5.41) is 3.01. The Morgan fingerprint density at radius 1 is 1.17 bits per heavy atom. The molecule has 162 valence electrons. The molecule has 6 nitrogen and oxygen atoms in total. The fourth-order valence-corrected chi connectivity index (χ4v) is 5.27. The minimum absolute atomic E-state index is 0.218. The van der Waals surface area contributed by atoms with E-state index in [1.807, 2.05) is 19.9 Å². The summed E-state index contributed by atoms with van der Waals surface area (Å²) < 4.78 is 31.7. The Kier molecular flexibility index (Phi) is 6.71. The van der Waals surface area contributed by atoms with Gasteiger partial charge in [0.25, 0.3) is 0 Å². The lowest BCUT2D eigenvalue weighted by atomic mass is 10.0. The quantitative estimate of drug-likeness (QED) is 0.694. The van der Waals surface area contributed by atoms with Gasteiger partial charge in [0, 0.05) is 6.07 Å². The molecule has 1 aliphatic carbocycles. The molecule has 7 heteroatoms. The number of anilines is 1. The molecule has 0 unspecified atom stereocenters. The van der Waals surface area contributed by atoms with Crippen LogP contribution in [0.2, 0.25) is 0 Å². The Labute approximate surface area is 179 Å². The second kappa shape index (κ2) is 9.08. The van der Waals surface area contributed by atoms with Crippen molar-refractivity contribution in [1.29, 1.82) is 0 Å². The molecule has 0 aromatic heterocycles. The molecule has 0 heterocycles. The Bertz CT molecular complexity index is 1020. The summed E-state index contributed by atoms with van der Waals surface area (Å²) in [6.45, 7) is 3.74. The van der Waals surface area contributed by atoms with Crippen LogP contribution in [0.15, 0.2) is 42.5 Å². The molecule has 0 spiro atoms. The third-order valence-electron chi connectivity index (χ3n) is 5.62. The number of rotatable bonds is 8. The zero-order chi connectivity index (χ0) is 21.9. The number of hydrogen-bond acceptors (Lipinski definition) is 4. The topological polar surface area (TPSA) is 75.7 Å². The number of carbonyl (C=O) groups excluding carboxylic acids is 1. The number of ether oxygens (including phenoxy) is 1. The van der Waals surface area contributed by atoms with Gasteiger partial charge in [-0.25, -0.2) is 8.42 Å². The van der Waals surface area contributed by atoms with Gasteiger partial charge in [0.05, 0.1) is 25.1 Å². The largest absolute Gasteiger partial charge is 0.497 e. The average molecular weight is 431 g/mol. The standard InChI is InChI=1S/C23H30N2O4S/c1-5-22(25(30(4,27)28)20-10-7-11-21(15-20)29-3)23(26)24-16(2)18-13-12-17-8-6-9-19(17)14-18/h7,10-16,22H,5-6,8-9H2,1-4H3,(H,24,26)/t16-,22-/m0/s1. The Morgan fingerprint density at radius 2 is 1.90 bits per heavy atom. The third-order valence-corrected chi connectivity index (χ3v) is 6.80. The van der Waals surface area contributed by atoms with Crippen molar-refractivity contribution >= 4 is 21.6 Å². The maximum absolute atomic E-state index is 13.2. The number of amides is 1. The van der Waals surface area contributed by atoms with Gasteiger partial charge < -0.3 is 10.1 Å². The van der Waals surface area contributed by atoms with Crippen LogP contribution in [-0.2, 0) is 27.7 Å². The smallest absolute Gasteiger partial charge is 0.244 e. The summed E-state index contributed by atoms with van der Waals surface area (Å²) >= 11 is 0. The lowest BCUT2D eigenvalue weighted by molar-refractivity contribution is -0.122. The lowest BCUT2D eigenvalue weighted by Gasteiger charge is -2.31. The van der Waals surface area contributed by atoms with Crippen molar-refractivity contribution in [3.05, 3.63) is 59.2 Å². The molecule has 0 bridgehead atoms. The highest BCUT2D eigenvalue weighted by Gasteiger charge is 2.32. The molecule has 0 fully saturated rings. The van der Waals surface area contributed by atoms with Crippen molar-refractivity contribution in [2.45, 2.75) is 51.6 Å². The molecular formula is C23H30N2O4S. The first-order chi connectivity index (χ1) is 14.2. The second-order valence-electron chi connectivity index (χ2n) is 7.80.